The van der Waals surface area contributed by atoms with Gasteiger partial charge in [-0.15, -0.1) is 0 Å². The average molecular weight is 692 g/mol. The molecule has 0 spiro atoms. The summed E-state index contributed by atoms with van der Waals surface area (Å²) in [5, 5.41) is 0. The maximum absolute atomic E-state index is 2.45. The van der Waals surface area contributed by atoms with E-state index in [-0.39, 0.29) is 10.8 Å². The number of hydrogen-bond donors (Lipinski definition) is 0. The molecule has 8 aromatic carbocycles. The standard InChI is InChI=1S/C53H41N/c1-52(2)49-27-15-24-43(38-18-8-5-9-19-38)51(49)46-33-32-42(35-50(46)52)54(40-30-28-37(29-31-40)36-16-6-4-7-17-36)41-21-14-20-39(34-41)53(3)47-25-12-10-22-44(47)45-23-11-13-26-48(45)53/h4-35H,1-3H3. The lowest BCUT2D eigenvalue weighted by molar-refractivity contribution is 0.660. The topological polar surface area (TPSA) is 3.24 Å². The Balaban J connectivity index is 1.15. The van der Waals surface area contributed by atoms with Crippen LogP contribution in [0.2, 0.25) is 0 Å². The summed E-state index contributed by atoms with van der Waals surface area (Å²) in [6, 6.07) is 71.6. The summed E-state index contributed by atoms with van der Waals surface area (Å²) < 4.78 is 0. The summed E-state index contributed by atoms with van der Waals surface area (Å²) in [5.41, 5.74) is 20.0. The van der Waals surface area contributed by atoms with Crippen molar-refractivity contribution < 1.29 is 0 Å². The van der Waals surface area contributed by atoms with Crippen LogP contribution in [0.15, 0.2) is 194 Å². The van der Waals surface area contributed by atoms with E-state index in [9.17, 15) is 0 Å². The molecule has 2 aliphatic rings. The van der Waals surface area contributed by atoms with E-state index in [0.717, 1.165) is 17.1 Å². The van der Waals surface area contributed by atoms with Gasteiger partial charge in [0.25, 0.3) is 0 Å². The molecule has 0 bridgehead atoms. The number of benzene rings is 8. The third-order valence-corrected chi connectivity index (χ3v) is 12.2. The molecule has 1 nitrogen and oxygen atoms in total. The van der Waals surface area contributed by atoms with Gasteiger partial charge >= 0.3 is 0 Å². The third-order valence-electron chi connectivity index (χ3n) is 12.2. The normalized spacial score (nSPS) is 14.1. The van der Waals surface area contributed by atoms with Gasteiger partial charge in [-0.05, 0) is 116 Å². The Morgan fingerprint density at radius 1 is 0.333 bits per heavy atom. The quantitative estimate of drug-likeness (QED) is 0.168. The predicted octanol–water partition coefficient (Wildman–Crippen LogP) is 14.1. The Morgan fingerprint density at radius 3 is 1.54 bits per heavy atom. The van der Waals surface area contributed by atoms with Gasteiger partial charge in [-0.2, -0.15) is 0 Å². The molecule has 0 fully saturated rings. The maximum Gasteiger partial charge on any atom is 0.0465 e. The Kier molecular flexibility index (Phi) is 7.35. The molecule has 0 saturated heterocycles. The molecule has 0 N–H and O–H groups in total. The molecule has 0 atom stereocenters. The predicted molar refractivity (Wildman–Crippen MR) is 227 cm³/mol. The molecule has 0 saturated carbocycles. The van der Waals surface area contributed by atoms with E-state index >= 15 is 0 Å². The van der Waals surface area contributed by atoms with Crippen molar-refractivity contribution in [1.82, 2.24) is 0 Å². The molecule has 1 heteroatoms. The van der Waals surface area contributed by atoms with Crippen molar-refractivity contribution in [2.45, 2.75) is 31.6 Å². The van der Waals surface area contributed by atoms with Gasteiger partial charge in [-0.25, -0.2) is 0 Å². The second-order valence-corrected chi connectivity index (χ2v) is 15.5. The van der Waals surface area contributed by atoms with Crippen LogP contribution in [0.25, 0.3) is 44.5 Å². The molecular formula is C53H41N. The zero-order chi connectivity index (χ0) is 36.4. The lowest BCUT2D eigenvalue weighted by atomic mass is 9.74. The van der Waals surface area contributed by atoms with Gasteiger partial charge in [-0.1, -0.05) is 172 Å². The van der Waals surface area contributed by atoms with E-state index in [1.165, 1.54) is 72.3 Å². The highest BCUT2D eigenvalue weighted by atomic mass is 15.1. The molecule has 54 heavy (non-hydrogen) atoms. The molecule has 0 aromatic heterocycles. The fraction of sp³-hybridized carbons (Fsp3) is 0.0943. The Bertz CT molecular complexity index is 2640. The third kappa shape index (κ3) is 4.85. The maximum atomic E-state index is 2.45. The molecule has 0 amide bonds. The summed E-state index contributed by atoms with van der Waals surface area (Å²) >= 11 is 0. The minimum atomic E-state index is -0.290. The SMILES string of the molecule is CC1(C)c2cc(N(c3ccc(-c4ccccc4)cc3)c3cccc(C4(C)c5ccccc5-c5ccccc54)c3)ccc2-c2c(-c3ccccc3)cccc21. The largest absolute Gasteiger partial charge is 0.310 e. The highest BCUT2D eigenvalue weighted by molar-refractivity contribution is 5.94. The number of rotatable bonds is 6. The molecule has 0 unspecified atom stereocenters. The number of fused-ring (bicyclic) bond motifs is 6. The van der Waals surface area contributed by atoms with E-state index in [4.69, 9.17) is 0 Å². The van der Waals surface area contributed by atoms with Crippen LogP contribution < -0.4 is 4.90 Å². The molecule has 2 aliphatic carbocycles. The van der Waals surface area contributed by atoms with Crippen molar-refractivity contribution in [3.63, 3.8) is 0 Å². The van der Waals surface area contributed by atoms with Crippen molar-refractivity contribution in [3.8, 4) is 44.5 Å². The van der Waals surface area contributed by atoms with E-state index in [1.54, 1.807) is 0 Å². The van der Waals surface area contributed by atoms with Crippen LogP contribution in [0.1, 0.15) is 48.6 Å². The van der Waals surface area contributed by atoms with E-state index in [2.05, 4.69) is 220 Å². The van der Waals surface area contributed by atoms with Crippen LogP contribution in [0, 0.1) is 0 Å². The summed E-state index contributed by atoms with van der Waals surface area (Å²) in [7, 11) is 0. The van der Waals surface area contributed by atoms with Gasteiger partial charge in [-0.3, -0.25) is 0 Å². The van der Waals surface area contributed by atoms with Gasteiger partial charge in [0.15, 0.2) is 0 Å². The Labute approximate surface area is 318 Å². The van der Waals surface area contributed by atoms with Crippen molar-refractivity contribution in [2.24, 2.45) is 0 Å². The highest BCUT2D eigenvalue weighted by Gasteiger charge is 2.41. The van der Waals surface area contributed by atoms with Crippen molar-refractivity contribution in [1.29, 1.82) is 0 Å². The zero-order valence-corrected chi connectivity index (χ0v) is 30.9. The van der Waals surface area contributed by atoms with Crippen molar-refractivity contribution in [3.05, 3.63) is 222 Å². The molecule has 0 radical (unpaired) electrons. The van der Waals surface area contributed by atoms with Gasteiger partial charge in [0, 0.05) is 27.9 Å². The van der Waals surface area contributed by atoms with E-state index in [1.807, 2.05) is 0 Å². The van der Waals surface area contributed by atoms with Crippen LogP contribution >= 0.6 is 0 Å². The first-order valence-electron chi connectivity index (χ1n) is 19.0. The van der Waals surface area contributed by atoms with Crippen LogP contribution in [-0.4, -0.2) is 0 Å². The monoisotopic (exact) mass is 691 g/mol. The summed E-state index contributed by atoms with van der Waals surface area (Å²) in [4.78, 5) is 2.45. The number of hydrogen-bond acceptors (Lipinski definition) is 1. The number of anilines is 3. The van der Waals surface area contributed by atoms with E-state index < -0.39 is 0 Å². The molecule has 258 valence electrons. The van der Waals surface area contributed by atoms with Gasteiger partial charge in [0.1, 0.15) is 0 Å². The van der Waals surface area contributed by atoms with Gasteiger partial charge in [0.2, 0.25) is 0 Å². The second-order valence-electron chi connectivity index (χ2n) is 15.5. The van der Waals surface area contributed by atoms with Gasteiger partial charge in [0.05, 0.1) is 0 Å². The van der Waals surface area contributed by atoms with Crippen LogP contribution in [0.3, 0.4) is 0 Å². The van der Waals surface area contributed by atoms with Crippen LogP contribution in [-0.2, 0) is 10.8 Å². The second kappa shape index (κ2) is 12.3. The lowest BCUT2D eigenvalue weighted by Crippen LogP contribution is -2.23. The summed E-state index contributed by atoms with van der Waals surface area (Å²) in [6.07, 6.45) is 0. The first kappa shape index (κ1) is 32.2. The first-order valence-corrected chi connectivity index (χ1v) is 19.0. The Hall–Kier alpha value is -6.44. The minimum absolute atomic E-state index is 0.166. The highest BCUT2D eigenvalue weighted by Crippen LogP contribution is 2.55. The Morgan fingerprint density at radius 2 is 0.852 bits per heavy atom. The smallest absolute Gasteiger partial charge is 0.0465 e. The molecule has 10 rings (SSSR count). The molecular weight excluding hydrogens is 651 g/mol. The fourth-order valence-corrected chi connectivity index (χ4v) is 9.37. The lowest BCUT2D eigenvalue weighted by Gasteiger charge is -2.32. The summed E-state index contributed by atoms with van der Waals surface area (Å²) in [5.74, 6) is 0. The fourth-order valence-electron chi connectivity index (χ4n) is 9.37. The number of nitrogens with zero attached hydrogens (tertiary/aromatic N) is 1. The average Bonchev–Trinajstić information content (AvgIpc) is 3.63. The molecule has 0 aliphatic heterocycles. The zero-order valence-electron chi connectivity index (χ0n) is 30.9. The van der Waals surface area contributed by atoms with Gasteiger partial charge < -0.3 is 4.90 Å². The minimum Gasteiger partial charge on any atom is -0.310 e. The van der Waals surface area contributed by atoms with Crippen LogP contribution in [0.5, 0.6) is 0 Å². The van der Waals surface area contributed by atoms with Crippen LogP contribution in [0.4, 0.5) is 17.1 Å². The first-order chi connectivity index (χ1) is 26.4. The van der Waals surface area contributed by atoms with Crippen molar-refractivity contribution in [2.75, 3.05) is 4.90 Å². The molecule has 0 heterocycles. The van der Waals surface area contributed by atoms with E-state index in [0.29, 0.717) is 0 Å². The molecule has 8 aromatic rings. The van der Waals surface area contributed by atoms with Crippen molar-refractivity contribution >= 4 is 17.1 Å². The summed E-state index contributed by atoms with van der Waals surface area (Å²) in [6.45, 7) is 7.16.